The second kappa shape index (κ2) is 5.22. The molecule has 0 atom stereocenters. The minimum absolute atomic E-state index is 0.333. The Morgan fingerprint density at radius 1 is 1.05 bits per heavy atom. The van der Waals surface area contributed by atoms with E-state index >= 15 is 0 Å². The molecule has 0 amide bonds. The van der Waals surface area contributed by atoms with Crippen molar-refractivity contribution >= 4 is 17.2 Å². The molecule has 20 heavy (non-hydrogen) atoms. The van der Waals surface area contributed by atoms with Crippen LogP contribution in [0.15, 0.2) is 61.2 Å². The maximum Gasteiger partial charge on any atom is 0.106 e. The maximum absolute atomic E-state index is 5.73. The molecule has 2 heterocycles. The highest BCUT2D eigenvalue weighted by molar-refractivity contribution is 7.80. The number of hydrogen-bond acceptors (Lipinski definition) is 3. The second-order valence-electron chi connectivity index (χ2n) is 4.30. The smallest absolute Gasteiger partial charge is 0.106 e. The van der Waals surface area contributed by atoms with E-state index in [9.17, 15) is 0 Å². The fraction of sp³-hybridized carbons (Fsp3) is 0. The van der Waals surface area contributed by atoms with Crippen molar-refractivity contribution in [3.8, 4) is 16.8 Å². The molecule has 0 aliphatic rings. The molecule has 0 unspecified atom stereocenters. The molecule has 1 aromatic carbocycles. The van der Waals surface area contributed by atoms with Crippen LogP contribution in [0.4, 0.5) is 0 Å². The van der Waals surface area contributed by atoms with E-state index in [0.717, 1.165) is 22.4 Å². The molecule has 0 aliphatic heterocycles. The van der Waals surface area contributed by atoms with Gasteiger partial charge in [-0.05, 0) is 11.6 Å². The summed E-state index contributed by atoms with van der Waals surface area (Å²) in [5.74, 6) is 0. The average molecular weight is 280 g/mol. The van der Waals surface area contributed by atoms with Crippen molar-refractivity contribution < 1.29 is 0 Å². The third-order valence-corrected chi connectivity index (χ3v) is 3.22. The first-order valence-electron chi connectivity index (χ1n) is 6.10. The zero-order valence-corrected chi connectivity index (χ0v) is 11.4. The third kappa shape index (κ3) is 2.31. The van der Waals surface area contributed by atoms with E-state index < -0.39 is 0 Å². The van der Waals surface area contributed by atoms with Crippen LogP contribution in [0, 0.1) is 0 Å². The Kier molecular flexibility index (Phi) is 3.26. The summed E-state index contributed by atoms with van der Waals surface area (Å²) in [7, 11) is 0. The fourth-order valence-electron chi connectivity index (χ4n) is 2.01. The minimum Gasteiger partial charge on any atom is -0.389 e. The van der Waals surface area contributed by atoms with Gasteiger partial charge in [0.25, 0.3) is 0 Å². The van der Waals surface area contributed by atoms with Gasteiger partial charge < -0.3 is 5.73 Å². The van der Waals surface area contributed by atoms with Gasteiger partial charge in [-0.15, -0.1) is 0 Å². The molecule has 0 aliphatic carbocycles. The molecule has 5 heteroatoms. The lowest BCUT2D eigenvalue weighted by atomic mass is 10.1. The standard InChI is InChI=1S/C15H12N4S/c16-15(20)13-6-7-17-9-14(13)19-10-12(8-18-19)11-4-2-1-3-5-11/h1-10H,(H2,16,20). The van der Waals surface area contributed by atoms with Gasteiger partial charge in [-0.25, -0.2) is 4.68 Å². The number of pyridine rings is 1. The van der Waals surface area contributed by atoms with Gasteiger partial charge in [-0.3, -0.25) is 4.98 Å². The number of nitrogens with zero attached hydrogens (tertiary/aromatic N) is 3. The molecule has 3 aromatic rings. The number of benzene rings is 1. The van der Waals surface area contributed by atoms with Crippen LogP contribution < -0.4 is 5.73 Å². The molecular weight excluding hydrogens is 268 g/mol. The predicted molar refractivity (Wildman–Crippen MR) is 82.7 cm³/mol. The van der Waals surface area contributed by atoms with Crippen molar-refractivity contribution in [3.05, 3.63) is 66.7 Å². The molecule has 0 spiro atoms. The summed E-state index contributed by atoms with van der Waals surface area (Å²) in [5.41, 5.74) is 9.42. The van der Waals surface area contributed by atoms with E-state index in [1.165, 1.54) is 0 Å². The van der Waals surface area contributed by atoms with E-state index in [4.69, 9.17) is 18.0 Å². The predicted octanol–water partition coefficient (Wildman–Crippen LogP) is 2.57. The fourth-order valence-corrected chi connectivity index (χ4v) is 2.18. The Bertz CT molecular complexity index is 749. The van der Waals surface area contributed by atoms with E-state index in [2.05, 4.69) is 10.1 Å². The molecule has 98 valence electrons. The van der Waals surface area contributed by atoms with E-state index in [-0.39, 0.29) is 0 Å². The number of thiocarbonyl (C=S) groups is 1. The van der Waals surface area contributed by atoms with Crippen LogP contribution in [0.25, 0.3) is 16.8 Å². The van der Waals surface area contributed by atoms with Gasteiger partial charge in [0.05, 0.1) is 18.1 Å². The van der Waals surface area contributed by atoms with Crippen molar-refractivity contribution in [2.75, 3.05) is 0 Å². The molecule has 2 N–H and O–H groups in total. The Morgan fingerprint density at radius 2 is 1.85 bits per heavy atom. The monoisotopic (exact) mass is 280 g/mol. The third-order valence-electron chi connectivity index (χ3n) is 3.00. The van der Waals surface area contributed by atoms with Gasteiger partial charge in [-0.1, -0.05) is 42.5 Å². The number of nitrogens with two attached hydrogens (primary N) is 1. The normalized spacial score (nSPS) is 10.4. The summed E-state index contributed by atoms with van der Waals surface area (Å²) in [5, 5.41) is 4.37. The van der Waals surface area contributed by atoms with Crippen molar-refractivity contribution in [1.29, 1.82) is 0 Å². The van der Waals surface area contributed by atoms with Gasteiger partial charge in [0.2, 0.25) is 0 Å². The summed E-state index contributed by atoms with van der Waals surface area (Å²) in [6, 6.07) is 11.9. The lowest BCUT2D eigenvalue weighted by molar-refractivity contribution is 0.872. The first-order chi connectivity index (χ1) is 9.75. The molecule has 3 rings (SSSR count). The van der Waals surface area contributed by atoms with Gasteiger partial charge >= 0.3 is 0 Å². The molecular formula is C15H12N4S. The van der Waals surface area contributed by atoms with Crippen molar-refractivity contribution in [1.82, 2.24) is 14.8 Å². The second-order valence-corrected chi connectivity index (χ2v) is 4.74. The zero-order valence-electron chi connectivity index (χ0n) is 10.6. The van der Waals surface area contributed by atoms with E-state index in [1.807, 2.05) is 42.7 Å². The first-order valence-corrected chi connectivity index (χ1v) is 6.51. The van der Waals surface area contributed by atoms with Crippen molar-refractivity contribution in [2.45, 2.75) is 0 Å². The largest absolute Gasteiger partial charge is 0.389 e. The molecule has 0 fully saturated rings. The van der Waals surface area contributed by atoms with Crippen LogP contribution in [0.2, 0.25) is 0 Å². The number of hydrogen-bond donors (Lipinski definition) is 1. The van der Waals surface area contributed by atoms with Gasteiger partial charge in [0, 0.05) is 23.5 Å². The molecule has 2 aromatic heterocycles. The number of aromatic nitrogens is 3. The van der Waals surface area contributed by atoms with Gasteiger partial charge in [0.15, 0.2) is 0 Å². The van der Waals surface area contributed by atoms with Gasteiger partial charge in [0.1, 0.15) is 4.99 Å². The van der Waals surface area contributed by atoms with E-state index in [0.29, 0.717) is 4.99 Å². The molecule has 0 radical (unpaired) electrons. The minimum atomic E-state index is 0.333. The van der Waals surface area contributed by atoms with Crippen LogP contribution in [0.5, 0.6) is 0 Å². The van der Waals surface area contributed by atoms with Crippen LogP contribution in [-0.4, -0.2) is 19.8 Å². The van der Waals surface area contributed by atoms with Crippen LogP contribution in [0.3, 0.4) is 0 Å². The van der Waals surface area contributed by atoms with Crippen LogP contribution in [-0.2, 0) is 0 Å². The lowest BCUT2D eigenvalue weighted by Gasteiger charge is -2.06. The Morgan fingerprint density at radius 3 is 2.60 bits per heavy atom. The highest BCUT2D eigenvalue weighted by Gasteiger charge is 2.09. The topological polar surface area (TPSA) is 56.7 Å². The quantitative estimate of drug-likeness (QED) is 0.749. The summed E-state index contributed by atoms with van der Waals surface area (Å²) in [6.07, 6.45) is 7.12. The van der Waals surface area contributed by atoms with Gasteiger partial charge in [-0.2, -0.15) is 5.10 Å². The van der Waals surface area contributed by atoms with Crippen LogP contribution in [0.1, 0.15) is 5.56 Å². The van der Waals surface area contributed by atoms with Crippen molar-refractivity contribution in [3.63, 3.8) is 0 Å². The van der Waals surface area contributed by atoms with Crippen LogP contribution >= 0.6 is 12.2 Å². The molecule has 0 saturated carbocycles. The summed E-state index contributed by atoms with van der Waals surface area (Å²) in [6.45, 7) is 0. The Hall–Kier alpha value is -2.53. The van der Waals surface area contributed by atoms with E-state index in [1.54, 1.807) is 23.1 Å². The Balaban J connectivity index is 2.05. The average Bonchev–Trinajstić information content (AvgIpc) is 2.98. The maximum atomic E-state index is 5.73. The summed E-state index contributed by atoms with van der Waals surface area (Å²) < 4.78 is 1.74. The highest BCUT2D eigenvalue weighted by atomic mass is 32.1. The number of rotatable bonds is 3. The SMILES string of the molecule is NC(=S)c1ccncc1-n1cc(-c2ccccc2)cn1. The molecule has 0 bridgehead atoms. The highest BCUT2D eigenvalue weighted by Crippen LogP contribution is 2.20. The molecule has 0 saturated heterocycles. The van der Waals surface area contributed by atoms with Crippen molar-refractivity contribution in [2.24, 2.45) is 5.73 Å². The molecule has 4 nitrogen and oxygen atoms in total. The Labute approximate surface area is 121 Å². The summed E-state index contributed by atoms with van der Waals surface area (Å²) >= 11 is 5.06. The zero-order chi connectivity index (χ0) is 13.9. The lowest BCUT2D eigenvalue weighted by Crippen LogP contribution is -2.13. The first kappa shape index (κ1) is 12.5. The summed E-state index contributed by atoms with van der Waals surface area (Å²) in [4.78, 5) is 4.44.